The van der Waals surface area contributed by atoms with Crippen molar-refractivity contribution in [3.05, 3.63) is 42.5 Å². The van der Waals surface area contributed by atoms with Crippen LogP contribution in [0.25, 0.3) is 0 Å². The molecule has 1 aromatic rings. The first kappa shape index (κ1) is 20.4. The number of non-ortho nitro benzene ring substituents is 1. The van der Waals surface area contributed by atoms with Crippen molar-refractivity contribution in [1.29, 1.82) is 0 Å². The minimum Gasteiger partial charge on any atom is -0.284 e. The zero-order valence-corrected chi connectivity index (χ0v) is 12.0. The van der Waals surface area contributed by atoms with Crippen LogP contribution in [0.1, 0.15) is 0 Å². The van der Waals surface area contributed by atoms with Gasteiger partial charge in [0.15, 0.2) is 0 Å². The van der Waals surface area contributed by atoms with Crippen LogP contribution < -0.4 is 0 Å². The average Bonchev–Trinajstić information content (AvgIpc) is 2.34. The minimum absolute atomic E-state index is 0.204. The molecule has 0 saturated heterocycles. The molecule has 0 bridgehead atoms. The summed E-state index contributed by atoms with van der Waals surface area (Å²) in [6.45, 7) is 0. The zero-order valence-electron chi connectivity index (χ0n) is 10.3. The molecule has 0 aromatic heterocycles. The lowest BCUT2D eigenvalue weighted by Crippen LogP contribution is -2.08. The second kappa shape index (κ2) is 7.60. The van der Waals surface area contributed by atoms with Gasteiger partial charge in [0.25, 0.3) is 17.0 Å². The molecule has 0 spiro atoms. The molecule has 15 nitrogen and oxygen atoms in total. The first-order valence-electron chi connectivity index (χ1n) is 4.67. The van der Waals surface area contributed by atoms with E-state index in [1.54, 1.807) is 0 Å². The molecule has 17 heteroatoms. The molecule has 0 amide bonds. The lowest BCUT2D eigenvalue weighted by atomic mass is 10.2. The van der Waals surface area contributed by atoms with Gasteiger partial charge in [-0.25, -0.2) is 0 Å². The Balaban J connectivity index is 0.00000108. The summed E-state index contributed by atoms with van der Waals surface area (Å²) in [7, 11) is -5.30. The Morgan fingerprint density at radius 3 is 1.39 bits per heavy atom. The van der Waals surface area contributed by atoms with Crippen molar-refractivity contribution in [3.8, 4) is 0 Å². The van der Waals surface area contributed by atoms with Crippen molar-refractivity contribution in [2.24, 2.45) is 0 Å². The van der Waals surface area contributed by atoms with Gasteiger partial charge in [-0.3, -0.25) is 44.0 Å². The number of nitro groups is 3. The Morgan fingerprint density at radius 1 is 0.913 bits per heavy atom. The van der Waals surface area contributed by atoms with E-state index in [1.807, 2.05) is 0 Å². The maximum atomic E-state index is 10.9. The largest absolute Gasteiger partial charge is 0.308 e. The highest BCUT2D eigenvalue weighted by Gasteiger charge is 2.37. The second-order valence-electron chi connectivity index (χ2n) is 3.29. The Morgan fingerprint density at radius 2 is 1.22 bits per heavy atom. The van der Waals surface area contributed by atoms with Crippen LogP contribution in [0.4, 0.5) is 17.1 Å². The van der Waals surface area contributed by atoms with Gasteiger partial charge in [0, 0.05) is 0 Å². The van der Waals surface area contributed by atoms with Gasteiger partial charge in [0.2, 0.25) is 4.90 Å². The van der Waals surface area contributed by atoms with Crippen molar-refractivity contribution in [1.82, 2.24) is 0 Å². The fraction of sp³-hybridized carbons (Fsp3) is 0. The molecule has 0 unspecified atom stereocenters. The summed E-state index contributed by atoms with van der Waals surface area (Å²) in [6, 6.07) is 0.409. The molecule has 0 aliphatic carbocycles. The number of hydrogen-bond acceptors (Lipinski definition) is 9. The van der Waals surface area contributed by atoms with E-state index in [4.69, 9.17) is 17.9 Å². The maximum absolute atomic E-state index is 10.9. The highest BCUT2D eigenvalue weighted by atomic mass is 32.2. The fourth-order valence-electron chi connectivity index (χ4n) is 1.23. The van der Waals surface area contributed by atoms with Crippen LogP contribution in [-0.4, -0.2) is 41.1 Å². The van der Waals surface area contributed by atoms with Gasteiger partial charge in [-0.1, -0.05) is 0 Å². The molecule has 0 saturated carbocycles. The van der Waals surface area contributed by atoms with Crippen molar-refractivity contribution in [2.45, 2.75) is 4.90 Å². The van der Waals surface area contributed by atoms with E-state index in [-0.39, 0.29) is 12.1 Å². The molecular weight excluding hydrogens is 370 g/mol. The van der Waals surface area contributed by atoms with Crippen LogP contribution in [0, 0.1) is 30.3 Å². The van der Waals surface area contributed by atoms with E-state index in [1.165, 1.54) is 0 Å². The Hall–Kier alpha value is -2.60. The van der Waals surface area contributed by atoms with Gasteiger partial charge in [-0.2, -0.15) is 12.6 Å². The summed E-state index contributed by atoms with van der Waals surface area (Å²) < 4.78 is 53.5. The minimum atomic E-state index is -5.30. The summed E-state index contributed by atoms with van der Waals surface area (Å²) in [5, 5.41) is 31.7. The third-order valence-corrected chi connectivity index (χ3v) is 2.83. The molecule has 0 aliphatic rings. The smallest absolute Gasteiger partial charge is 0.284 e. The Bertz CT molecular complexity index is 747. The van der Waals surface area contributed by atoms with Gasteiger partial charge < -0.3 is 0 Å². The molecule has 3 N–H and O–H groups in total. The third-order valence-electron chi connectivity index (χ3n) is 1.90. The molecule has 0 atom stereocenters. The maximum Gasteiger partial charge on any atom is 0.308 e. The summed E-state index contributed by atoms with van der Waals surface area (Å²) in [6.07, 6.45) is 0. The van der Waals surface area contributed by atoms with E-state index < -0.39 is 58.2 Å². The quantitative estimate of drug-likeness (QED) is 0.279. The normalized spacial score (nSPS) is 10.6. The number of nitro benzene ring substituents is 3. The lowest BCUT2D eigenvalue weighted by molar-refractivity contribution is -0.407. The third kappa shape index (κ3) is 5.96. The Labute approximate surface area is 127 Å². The van der Waals surface area contributed by atoms with Gasteiger partial charge >= 0.3 is 21.5 Å². The number of hydrogen-bond donors (Lipinski definition) is 3. The molecule has 0 heterocycles. The summed E-state index contributed by atoms with van der Waals surface area (Å²) >= 11 is -2.61. The van der Waals surface area contributed by atoms with E-state index in [0.29, 0.717) is 0 Å². The highest BCUT2D eigenvalue weighted by molar-refractivity contribution is 7.86. The molecule has 1 rings (SSSR count). The van der Waals surface area contributed by atoms with Crippen molar-refractivity contribution in [3.63, 3.8) is 0 Å². The van der Waals surface area contributed by atoms with E-state index in [2.05, 4.69) is 0 Å². The van der Waals surface area contributed by atoms with Crippen LogP contribution in [-0.2, 0) is 21.5 Å². The molecular formula is C6H5N3O12S2. The summed E-state index contributed by atoms with van der Waals surface area (Å²) in [4.78, 5) is 26.1. The van der Waals surface area contributed by atoms with Gasteiger partial charge in [0.1, 0.15) is 0 Å². The van der Waals surface area contributed by atoms with Crippen molar-refractivity contribution < 1.29 is 41.1 Å². The zero-order chi connectivity index (χ0) is 18.5. The fourth-order valence-corrected chi connectivity index (χ4v) is 2.02. The molecule has 23 heavy (non-hydrogen) atoms. The van der Waals surface area contributed by atoms with Crippen LogP contribution in [0.3, 0.4) is 0 Å². The lowest BCUT2D eigenvalue weighted by Gasteiger charge is -2.01. The van der Waals surface area contributed by atoms with Crippen LogP contribution in [0.5, 0.6) is 0 Å². The van der Waals surface area contributed by atoms with Crippen LogP contribution >= 0.6 is 0 Å². The molecule has 0 fully saturated rings. The van der Waals surface area contributed by atoms with Gasteiger partial charge in [-0.05, 0) is 0 Å². The van der Waals surface area contributed by atoms with Crippen LogP contribution in [0.2, 0.25) is 0 Å². The van der Waals surface area contributed by atoms with E-state index in [9.17, 15) is 38.8 Å². The molecule has 1 aromatic carbocycles. The topological polar surface area (TPSA) is 241 Å². The second-order valence-corrected chi connectivity index (χ2v) is 5.11. The SMILES string of the molecule is O=S(O)O.O=[N+]([O-])c1cc([N+](=O)[O-])c(S(=O)(=O)O)c([N+](=O)[O-])c1. The number of rotatable bonds is 4. The number of benzene rings is 1. The van der Waals surface area contributed by atoms with Crippen molar-refractivity contribution >= 4 is 38.5 Å². The first-order chi connectivity index (χ1) is 10.3. The van der Waals surface area contributed by atoms with Gasteiger partial charge in [-0.15, -0.1) is 0 Å². The average molecular weight is 375 g/mol. The summed E-state index contributed by atoms with van der Waals surface area (Å²) in [5.41, 5.74) is -3.96. The molecule has 0 aliphatic heterocycles. The van der Waals surface area contributed by atoms with E-state index >= 15 is 0 Å². The number of nitrogens with zero attached hydrogens (tertiary/aromatic N) is 3. The monoisotopic (exact) mass is 375 g/mol. The van der Waals surface area contributed by atoms with Crippen LogP contribution in [0.15, 0.2) is 17.0 Å². The first-order valence-corrected chi connectivity index (χ1v) is 7.18. The van der Waals surface area contributed by atoms with E-state index in [0.717, 1.165) is 0 Å². The summed E-state index contributed by atoms with van der Waals surface area (Å²) in [5.74, 6) is 0. The predicted octanol–water partition coefficient (Wildman–Crippen LogP) is 0.339. The van der Waals surface area contributed by atoms with Gasteiger partial charge in [0.05, 0.1) is 26.9 Å². The highest BCUT2D eigenvalue weighted by Crippen LogP contribution is 2.36. The van der Waals surface area contributed by atoms with Crippen molar-refractivity contribution in [2.75, 3.05) is 0 Å². The molecule has 128 valence electrons. The predicted molar refractivity (Wildman–Crippen MR) is 69.6 cm³/mol. The molecule has 0 radical (unpaired) electrons. The Kier molecular flexibility index (Phi) is 6.74. The standard InChI is InChI=1S/C6H3N3O9S.H2O3S/c10-7(11)3-1-4(8(12)13)6(19(16,17)18)5(2-3)9(14)15;1-4(2)3/h1-2H,(H,16,17,18);(H2,1,2,3).